The first-order chi connectivity index (χ1) is 14.9. The number of carbonyl (C=O) groups excluding carboxylic acids is 1. The van der Waals surface area contributed by atoms with Crippen molar-refractivity contribution in [3.05, 3.63) is 104 Å². The maximum atomic E-state index is 12.5. The standard InChI is InChI=1S/C23H13Cl2NO5/c24-15-4-7-19(25)18(13-15)22-10-11-23(31-22)20(27)8-5-17-6-9-21(30-17)14-2-1-3-16(12-14)26(28)29/h1-13H/b8-5+. The second kappa shape index (κ2) is 8.63. The summed E-state index contributed by atoms with van der Waals surface area (Å²) in [6.07, 6.45) is 2.82. The van der Waals surface area contributed by atoms with Gasteiger partial charge in [-0.25, -0.2) is 0 Å². The number of furan rings is 2. The minimum absolute atomic E-state index is 0.0328. The molecule has 4 rings (SSSR count). The number of allylic oxidation sites excluding steroid dienone is 1. The van der Waals surface area contributed by atoms with Crippen molar-refractivity contribution in [1.29, 1.82) is 0 Å². The molecular weight excluding hydrogens is 441 g/mol. The molecule has 4 aromatic rings. The van der Waals surface area contributed by atoms with Crippen molar-refractivity contribution in [3.8, 4) is 22.6 Å². The van der Waals surface area contributed by atoms with Crippen LogP contribution in [0.25, 0.3) is 28.7 Å². The minimum Gasteiger partial charge on any atom is -0.457 e. The number of rotatable bonds is 6. The second-order valence-electron chi connectivity index (χ2n) is 6.50. The number of non-ortho nitro benzene ring substituents is 1. The molecule has 0 aliphatic rings. The number of carbonyl (C=O) groups is 1. The van der Waals surface area contributed by atoms with Crippen LogP contribution in [0.5, 0.6) is 0 Å². The number of ketones is 1. The van der Waals surface area contributed by atoms with Gasteiger partial charge in [-0.2, -0.15) is 0 Å². The second-order valence-corrected chi connectivity index (χ2v) is 7.34. The lowest BCUT2D eigenvalue weighted by molar-refractivity contribution is -0.384. The highest BCUT2D eigenvalue weighted by atomic mass is 35.5. The van der Waals surface area contributed by atoms with Gasteiger partial charge in [-0.15, -0.1) is 0 Å². The van der Waals surface area contributed by atoms with Crippen molar-refractivity contribution in [2.75, 3.05) is 0 Å². The van der Waals surface area contributed by atoms with E-state index in [1.54, 1.807) is 54.6 Å². The third-order valence-electron chi connectivity index (χ3n) is 4.41. The normalized spacial score (nSPS) is 11.2. The summed E-state index contributed by atoms with van der Waals surface area (Å²) in [4.78, 5) is 22.9. The van der Waals surface area contributed by atoms with Gasteiger partial charge in [-0.05, 0) is 54.6 Å². The first kappa shape index (κ1) is 20.7. The summed E-state index contributed by atoms with van der Waals surface area (Å²) in [5, 5.41) is 11.9. The smallest absolute Gasteiger partial charge is 0.270 e. The third kappa shape index (κ3) is 4.60. The quantitative estimate of drug-likeness (QED) is 0.132. The summed E-state index contributed by atoms with van der Waals surface area (Å²) in [6.45, 7) is 0. The predicted molar refractivity (Wildman–Crippen MR) is 118 cm³/mol. The Morgan fingerprint density at radius 1 is 0.935 bits per heavy atom. The molecule has 0 unspecified atom stereocenters. The van der Waals surface area contributed by atoms with E-state index in [1.165, 1.54) is 24.3 Å². The number of nitro benzene ring substituents is 1. The van der Waals surface area contributed by atoms with Crippen LogP contribution in [0.2, 0.25) is 10.0 Å². The van der Waals surface area contributed by atoms with Crippen molar-refractivity contribution >= 4 is 40.7 Å². The fourth-order valence-corrected chi connectivity index (χ4v) is 3.29. The van der Waals surface area contributed by atoms with Gasteiger partial charge in [0.1, 0.15) is 17.3 Å². The Morgan fingerprint density at radius 3 is 2.55 bits per heavy atom. The highest BCUT2D eigenvalue weighted by Gasteiger charge is 2.13. The Hall–Kier alpha value is -3.61. The van der Waals surface area contributed by atoms with Gasteiger partial charge in [0.25, 0.3) is 5.69 Å². The Kier molecular flexibility index (Phi) is 5.75. The van der Waals surface area contributed by atoms with Crippen molar-refractivity contribution < 1.29 is 18.6 Å². The van der Waals surface area contributed by atoms with E-state index in [2.05, 4.69) is 0 Å². The molecule has 2 aromatic heterocycles. The fraction of sp³-hybridized carbons (Fsp3) is 0. The highest BCUT2D eigenvalue weighted by Crippen LogP contribution is 2.32. The van der Waals surface area contributed by atoms with Gasteiger partial charge in [-0.1, -0.05) is 35.3 Å². The van der Waals surface area contributed by atoms with E-state index in [9.17, 15) is 14.9 Å². The zero-order valence-corrected chi connectivity index (χ0v) is 17.3. The molecule has 2 aromatic carbocycles. The summed E-state index contributed by atoms with van der Waals surface area (Å²) >= 11 is 12.2. The van der Waals surface area contributed by atoms with Crippen LogP contribution in [-0.2, 0) is 0 Å². The van der Waals surface area contributed by atoms with Gasteiger partial charge >= 0.3 is 0 Å². The molecule has 31 heavy (non-hydrogen) atoms. The Morgan fingerprint density at radius 2 is 1.74 bits per heavy atom. The van der Waals surface area contributed by atoms with Gasteiger partial charge in [0, 0.05) is 28.3 Å². The molecular formula is C23H13Cl2NO5. The summed E-state index contributed by atoms with van der Waals surface area (Å²) in [5.41, 5.74) is 1.12. The summed E-state index contributed by atoms with van der Waals surface area (Å²) < 4.78 is 11.3. The molecule has 0 aliphatic carbocycles. The first-order valence-electron chi connectivity index (χ1n) is 9.03. The van der Waals surface area contributed by atoms with Crippen molar-refractivity contribution in [1.82, 2.24) is 0 Å². The minimum atomic E-state index is -0.472. The third-order valence-corrected chi connectivity index (χ3v) is 4.97. The molecule has 0 saturated carbocycles. The molecule has 0 N–H and O–H groups in total. The molecule has 0 amide bonds. The lowest BCUT2D eigenvalue weighted by Crippen LogP contribution is -1.90. The number of nitro groups is 1. The molecule has 0 spiro atoms. The maximum Gasteiger partial charge on any atom is 0.270 e. The molecule has 0 fully saturated rings. The number of nitrogens with zero attached hydrogens (tertiary/aromatic N) is 1. The van der Waals surface area contributed by atoms with Gasteiger partial charge < -0.3 is 8.83 Å². The average molecular weight is 454 g/mol. The number of benzene rings is 2. The van der Waals surface area contributed by atoms with Gasteiger partial charge in [-0.3, -0.25) is 14.9 Å². The van der Waals surface area contributed by atoms with E-state index in [-0.39, 0.29) is 17.2 Å². The zero-order chi connectivity index (χ0) is 22.0. The van der Waals surface area contributed by atoms with Gasteiger partial charge in [0.05, 0.1) is 9.95 Å². The summed E-state index contributed by atoms with van der Waals surface area (Å²) in [6, 6.07) is 17.6. The molecule has 0 radical (unpaired) electrons. The predicted octanol–water partition coefficient (Wildman–Crippen LogP) is 7.32. The van der Waals surface area contributed by atoms with Crippen molar-refractivity contribution in [2.24, 2.45) is 0 Å². The molecule has 6 nitrogen and oxygen atoms in total. The van der Waals surface area contributed by atoms with E-state index in [1.807, 2.05) is 0 Å². The molecule has 154 valence electrons. The van der Waals surface area contributed by atoms with Crippen molar-refractivity contribution in [2.45, 2.75) is 0 Å². The SMILES string of the molecule is O=C(/C=C/c1ccc(-c2cccc([N+](=O)[O-])c2)o1)c1ccc(-c2cc(Cl)ccc2Cl)o1. The van der Waals surface area contributed by atoms with Crippen LogP contribution in [0.3, 0.4) is 0 Å². The molecule has 0 bridgehead atoms. The van der Waals surface area contributed by atoms with Crippen LogP contribution < -0.4 is 0 Å². The lowest BCUT2D eigenvalue weighted by Gasteiger charge is -2.01. The fourth-order valence-electron chi connectivity index (χ4n) is 2.91. The van der Waals surface area contributed by atoms with Crippen LogP contribution in [-0.4, -0.2) is 10.7 Å². The average Bonchev–Trinajstić information content (AvgIpc) is 3.44. The van der Waals surface area contributed by atoms with Gasteiger partial charge in [0.2, 0.25) is 5.78 Å². The summed E-state index contributed by atoms with van der Waals surface area (Å²) in [7, 11) is 0. The lowest BCUT2D eigenvalue weighted by atomic mass is 10.1. The van der Waals surface area contributed by atoms with Crippen LogP contribution in [0, 0.1) is 10.1 Å². The number of hydrogen-bond donors (Lipinski definition) is 0. The van der Waals surface area contributed by atoms with Crippen LogP contribution in [0.1, 0.15) is 16.3 Å². The van der Waals surface area contributed by atoms with Crippen LogP contribution in [0.15, 0.2) is 81.6 Å². The number of hydrogen-bond acceptors (Lipinski definition) is 5. The van der Waals surface area contributed by atoms with E-state index in [4.69, 9.17) is 32.0 Å². The molecule has 2 heterocycles. The highest BCUT2D eigenvalue weighted by molar-refractivity contribution is 6.35. The Labute approximate surface area is 186 Å². The topological polar surface area (TPSA) is 86.5 Å². The zero-order valence-electron chi connectivity index (χ0n) is 15.7. The molecule has 0 atom stereocenters. The number of halogens is 2. The first-order valence-corrected chi connectivity index (χ1v) is 9.78. The van der Waals surface area contributed by atoms with E-state index >= 15 is 0 Å². The van der Waals surface area contributed by atoms with Crippen LogP contribution in [0.4, 0.5) is 5.69 Å². The van der Waals surface area contributed by atoms with Gasteiger partial charge in [0.15, 0.2) is 5.76 Å². The maximum absolute atomic E-state index is 12.5. The largest absolute Gasteiger partial charge is 0.457 e. The van der Waals surface area contributed by atoms with E-state index in [0.717, 1.165) is 0 Å². The molecule has 0 aliphatic heterocycles. The van der Waals surface area contributed by atoms with Crippen LogP contribution >= 0.6 is 23.2 Å². The molecule has 0 saturated heterocycles. The van der Waals surface area contributed by atoms with E-state index < -0.39 is 4.92 Å². The summed E-state index contributed by atoms with van der Waals surface area (Å²) in [5.74, 6) is 1.06. The monoisotopic (exact) mass is 453 g/mol. The Balaban J connectivity index is 1.51. The van der Waals surface area contributed by atoms with Crippen molar-refractivity contribution in [3.63, 3.8) is 0 Å². The molecule has 8 heteroatoms. The van der Waals surface area contributed by atoms with E-state index in [0.29, 0.717) is 38.5 Å². The Bertz CT molecular complexity index is 1320.